The van der Waals surface area contributed by atoms with Crippen LogP contribution in [0.2, 0.25) is 0 Å². The second-order valence-electron chi connectivity index (χ2n) is 5.94. The molecule has 0 radical (unpaired) electrons. The summed E-state index contributed by atoms with van der Waals surface area (Å²) in [6.07, 6.45) is 3.99. The summed E-state index contributed by atoms with van der Waals surface area (Å²) in [7, 11) is -3.26. The van der Waals surface area contributed by atoms with Gasteiger partial charge in [0.15, 0.2) is 0 Å². The minimum atomic E-state index is -3.26. The fourth-order valence-electron chi connectivity index (χ4n) is 3.04. The summed E-state index contributed by atoms with van der Waals surface area (Å²) >= 11 is 0. The molecular formula is C16H26N2O2S. The molecule has 1 heterocycles. The van der Waals surface area contributed by atoms with Crippen LogP contribution in [0.3, 0.4) is 0 Å². The van der Waals surface area contributed by atoms with Crippen LogP contribution in [0.25, 0.3) is 0 Å². The van der Waals surface area contributed by atoms with E-state index in [1.54, 1.807) is 4.31 Å². The van der Waals surface area contributed by atoms with Crippen LogP contribution < -0.4 is 5.73 Å². The molecule has 118 valence electrons. The summed E-state index contributed by atoms with van der Waals surface area (Å²) in [5.41, 5.74) is 6.87. The molecule has 1 aliphatic rings. The number of rotatable bonds is 5. The number of sulfonamides is 1. The molecule has 0 saturated carbocycles. The Hall–Kier alpha value is -0.910. The zero-order chi connectivity index (χ0) is 15.3. The van der Waals surface area contributed by atoms with Gasteiger partial charge in [-0.15, -0.1) is 0 Å². The minimum absolute atomic E-state index is 0.00197. The van der Waals surface area contributed by atoms with E-state index in [0.29, 0.717) is 13.1 Å². The van der Waals surface area contributed by atoms with E-state index in [-0.39, 0.29) is 17.7 Å². The summed E-state index contributed by atoms with van der Waals surface area (Å²) in [5.74, 6) is 0.158. The lowest BCUT2D eigenvalue weighted by molar-refractivity contribution is 0.327. The molecule has 1 aromatic carbocycles. The molecule has 1 aromatic rings. The van der Waals surface area contributed by atoms with Crippen molar-refractivity contribution in [2.75, 3.05) is 18.8 Å². The molecule has 2 atom stereocenters. The molecule has 1 saturated heterocycles. The molecule has 21 heavy (non-hydrogen) atoms. The zero-order valence-corrected chi connectivity index (χ0v) is 13.6. The van der Waals surface area contributed by atoms with Crippen LogP contribution in [0, 0.1) is 0 Å². The van der Waals surface area contributed by atoms with E-state index in [1.165, 1.54) is 0 Å². The first-order valence-electron chi connectivity index (χ1n) is 7.79. The maximum absolute atomic E-state index is 12.8. The van der Waals surface area contributed by atoms with Crippen molar-refractivity contribution in [1.29, 1.82) is 0 Å². The molecule has 2 rings (SSSR count). The highest BCUT2D eigenvalue weighted by Gasteiger charge is 2.31. The van der Waals surface area contributed by atoms with Crippen molar-refractivity contribution in [1.82, 2.24) is 4.31 Å². The van der Waals surface area contributed by atoms with Crippen LogP contribution in [0.4, 0.5) is 0 Å². The topological polar surface area (TPSA) is 63.4 Å². The minimum Gasteiger partial charge on any atom is -0.329 e. The summed E-state index contributed by atoms with van der Waals surface area (Å²) in [5, 5.41) is 0. The smallest absolute Gasteiger partial charge is 0.214 e. The van der Waals surface area contributed by atoms with Gasteiger partial charge in [0.1, 0.15) is 0 Å². The van der Waals surface area contributed by atoms with Gasteiger partial charge in [0.25, 0.3) is 0 Å². The predicted octanol–water partition coefficient (Wildman–Crippen LogP) is 2.32. The molecule has 4 nitrogen and oxygen atoms in total. The van der Waals surface area contributed by atoms with Gasteiger partial charge >= 0.3 is 0 Å². The fourth-order valence-corrected chi connectivity index (χ4v) is 5.11. The Bertz CT molecular complexity index is 530. The SMILES string of the molecule is CC(CS(=O)(=O)N1CCCCCC1CN)c1ccccc1. The molecule has 0 amide bonds. The fraction of sp³-hybridized carbons (Fsp3) is 0.625. The van der Waals surface area contributed by atoms with E-state index < -0.39 is 10.0 Å². The number of nitrogens with two attached hydrogens (primary N) is 1. The largest absolute Gasteiger partial charge is 0.329 e. The van der Waals surface area contributed by atoms with Crippen LogP contribution in [0.15, 0.2) is 30.3 Å². The lowest BCUT2D eigenvalue weighted by Gasteiger charge is -2.29. The van der Waals surface area contributed by atoms with Crippen LogP contribution in [0.5, 0.6) is 0 Å². The summed E-state index contributed by atoms with van der Waals surface area (Å²) in [4.78, 5) is 0. The van der Waals surface area contributed by atoms with Gasteiger partial charge < -0.3 is 5.73 Å². The van der Waals surface area contributed by atoms with Crippen LogP contribution in [0.1, 0.15) is 44.1 Å². The number of nitrogens with zero attached hydrogens (tertiary/aromatic N) is 1. The number of benzene rings is 1. The lowest BCUT2D eigenvalue weighted by atomic mass is 10.0. The highest BCUT2D eigenvalue weighted by Crippen LogP contribution is 2.24. The van der Waals surface area contributed by atoms with Crippen LogP contribution >= 0.6 is 0 Å². The van der Waals surface area contributed by atoms with Gasteiger partial charge in [-0.1, -0.05) is 50.1 Å². The van der Waals surface area contributed by atoms with Gasteiger partial charge in [-0.05, 0) is 24.3 Å². The Kier molecular flexibility index (Phi) is 5.79. The summed E-state index contributed by atoms with van der Waals surface area (Å²) < 4.78 is 27.2. The molecule has 5 heteroatoms. The number of hydrogen-bond acceptors (Lipinski definition) is 3. The normalized spacial score (nSPS) is 22.7. The van der Waals surface area contributed by atoms with E-state index in [1.807, 2.05) is 37.3 Å². The highest BCUT2D eigenvalue weighted by atomic mass is 32.2. The van der Waals surface area contributed by atoms with Crippen molar-refractivity contribution >= 4 is 10.0 Å². The van der Waals surface area contributed by atoms with E-state index >= 15 is 0 Å². The number of hydrogen-bond donors (Lipinski definition) is 1. The van der Waals surface area contributed by atoms with Gasteiger partial charge in [-0.2, -0.15) is 4.31 Å². The second-order valence-corrected chi connectivity index (χ2v) is 7.91. The van der Waals surface area contributed by atoms with E-state index in [2.05, 4.69) is 0 Å². The molecular weight excluding hydrogens is 284 g/mol. The van der Waals surface area contributed by atoms with Crippen molar-refractivity contribution in [3.8, 4) is 0 Å². The van der Waals surface area contributed by atoms with Gasteiger partial charge in [-0.3, -0.25) is 0 Å². The first-order chi connectivity index (χ1) is 10.0. The first kappa shape index (κ1) is 16.5. The van der Waals surface area contributed by atoms with Crippen molar-refractivity contribution < 1.29 is 8.42 Å². The molecule has 2 unspecified atom stereocenters. The average Bonchev–Trinajstić information content (AvgIpc) is 2.73. The average molecular weight is 310 g/mol. The van der Waals surface area contributed by atoms with E-state index in [0.717, 1.165) is 31.2 Å². The summed E-state index contributed by atoms with van der Waals surface area (Å²) in [6, 6.07) is 9.80. The zero-order valence-electron chi connectivity index (χ0n) is 12.7. The first-order valence-corrected chi connectivity index (χ1v) is 9.40. The predicted molar refractivity (Wildman–Crippen MR) is 86.7 cm³/mol. The van der Waals surface area contributed by atoms with E-state index in [9.17, 15) is 8.42 Å². The Morgan fingerprint density at radius 1 is 1.24 bits per heavy atom. The van der Waals surface area contributed by atoms with Gasteiger partial charge in [0.2, 0.25) is 10.0 Å². The quantitative estimate of drug-likeness (QED) is 0.908. The standard InChI is InChI=1S/C16H26N2O2S/c1-14(15-8-4-2-5-9-15)13-21(19,20)18-11-7-3-6-10-16(18)12-17/h2,4-5,8-9,14,16H,3,6-7,10-13,17H2,1H3. The Morgan fingerprint density at radius 3 is 2.62 bits per heavy atom. The van der Waals surface area contributed by atoms with E-state index in [4.69, 9.17) is 5.73 Å². The van der Waals surface area contributed by atoms with Crippen molar-refractivity contribution in [3.63, 3.8) is 0 Å². The van der Waals surface area contributed by atoms with Crippen molar-refractivity contribution in [3.05, 3.63) is 35.9 Å². The second kappa shape index (κ2) is 7.38. The maximum Gasteiger partial charge on any atom is 0.214 e. The Labute approximate surface area is 128 Å². The third-order valence-electron chi connectivity index (χ3n) is 4.28. The monoisotopic (exact) mass is 310 g/mol. The van der Waals surface area contributed by atoms with Gasteiger partial charge in [0.05, 0.1) is 5.75 Å². The molecule has 0 aromatic heterocycles. The molecule has 0 bridgehead atoms. The Morgan fingerprint density at radius 2 is 1.95 bits per heavy atom. The lowest BCUT2D eigenvalue weighted by Crippen LogP contribution is -2.45. The maximum atomic E-state index is 12.8. The Balaban J connectivity index is 2.12. The van der Waals surface area contributed by atoms with Gasteiger partial charge in [0, 0.05) is 19.1 Å². The molecule has 1 fully saturated rings. The summed E-state index contributed by atoms with van der Waals surface area (Å²) in [6.45, 7) is 3.01. The molecule has 2 N–H and O–H groups in total. The third kappa shape index (κ3) is 4.28. The molecule has 0 aliphatic carbocycles. The van der Waals surface area contributed by atoms with Crippen LogP contribution in [-0.4, -0.2) is 37.6 Å². The molecule has 1 aliphatic heterocycles. The van der Waals surface area contributed by atoms with Crippen molar-refractivity contribution in [2.45, 2.75) is 44.6 Å². The van der Waals surface area contributed by atoms with Crippen LogP contribution in [-0.2, 0) is 10.0 Å². The molecule has 0 spiro atoms. The van der Waals surface area contributed by atoms with Crippen molar-refractivity contribution in [2.24, 2.45) is 5.73 Å². The third-order valence-corrected chi connectivity index (χ3v) is 6.40. The van der Waals surface area contributed by atoms with Gasteiger partial charge in [-0.25, -0.2) is 8.42 Å². The highest BCUT2D eigenvalue weighted by molar-refractivity contribution is 7.89.